The molecule has 0 aromatic heterocycles. The third-order valence-electron chi connectivity index (χ3n) is 3.59. The molecule has 0 saturated heterocycles. The van der Waals surface area contributed by atoms with Gasteiger partial charge in [0, 0.05) is 13.0 Å². The summed E-state index contributed by atoms with van der Waals surface area (Å²) < 4.78 is 10.5. The Kier molecular flexibility index (Phi) is 4.83. The molecule has 0 spiro atoms. The van der Waals surface area contributed by atoms with Crippen molar-refractivity contribution in [3.63, 3.8) is 0 Å². The van der Waals surface area contributed by atoms with E-state index in [0.717, 1.165) is 11.1 Å². The van der Waals surface area contributed by atoms with Gasteiger partial charge in [0.15, 0.2) is 11.5 Å². The molecule has 0 aliphatic heterocycles. The quantitative estimate of drug-likeness (QED) is 0.854. The molecular weight excluding hydrogens is 266 g/mol. The highest BCUT2D eigenvalue weighted by molar-refractivity contribution is 5.43. The van der Waals surface area contributed by atoms with Crippen LogP contribution in [-0.4, -0.2) is 25.9 Å². The molecule has 0 aliphatic rings. The lowest BCUT2D eigenvalue weighted by molar-refractivity contribution is 0.0462. The molecular formula is C17H21NO3. The van der Waals surface area contributed by atoms with Crippen LogP contribution >= 0.6 is 0 Å². The molecule has 0 heterocycles. The summed E-state index contributed by atoms with van der Waals surface area (Å²) in [7, 11) is 3.19. The summed E-state index contributed by atoms with van der Waals surface area (Å²) in [4.78, 5) is 0. The molecule has 4 nitrogen and oxygen atoms in total. The first-order valence-electron chi connectivity index (χ1n) is 6.82. The van der Waals surface area contributed by atoms with Crippen LogP contribution in [0.15, 0.2) is 48.5 Å². The van der Waals surface area contributed by atoms with Gasteiger partial charge in [0.1, 0.15) is 5.60 Å². The van der Waals surface area contributed by atoms with Gasteiger partial charge in [-0.15, -0.1) is 0 Å². The molecule has 1 unspecified atom stereocenters. The summed E-state index contributed by atoms with van der Waals surface area (Å²) in [5.41, 5.74) is 6.45. The fraction of sp³-hybridized carbons (Fsp3) is 0.294. The van der Waals surface area contributed by atoms with Gasteiger partial charge in [0.05, 0.1) is 14.2 Å². The SMILES string of the molecule is COc1ccc(CC(O)(CN)c2ccccc2)cc1OC. The Bertz CT molecular complexity index is 586. The minimum atomic E-state index is -1.10. The predicted octanol–water partition coefficient (Wildman–Crippen LogP) is 2.09. The Morgan fingerprint density at radius 1 is 1.00 bits per heavy atom. The van der Waals surface area contributed by atoms with E-state index >= 15 is 0 Å². The fourth-order valence-corrected chi connectivity index (χ4v) is 2.37. The lowest BCUT2D eigenvalue weighted by Crippen LogP contribution is -2.37. The van der Waals surface area contributed by atoms with Crippen LogP contribution in [0.2, 0.25) is 0 Å². The Labute approximate surface area is 125 Å². The van der Waals surface area contributed by atoms with Crippen molar-refractivity contribution >= 4 is 0 Å². The van der Waals surface area contributed by atoms with Gasteiger partial charge in [-0.2, -0.15) is 0 Å². The van der Waals surface area contributed by atoms with Crippen molar-refractivity contribution in [1.82, 2.24) is 0 Å². The maximum atomic E-state index is 10.8. The molecule has 2 aromatic carbocycles. The molecule has 0 saturated carbocycles. The van der Waals surface area contributed by atoms with Crippen molar-refractivity contribution < 1.29 is 14.6 Å². The number of aliphatic hydroxyl groups is 1. The summed E-state index contributed by atoms with van der Waals surface area (Å²) >= 11 is 0. The summed E-state index contributed by atoms with van der Waals surface area (Å²) in [5, 5.41) is 10.8. The van der Waals surface area contributed by atoms with E-state index in [4.69, 9.17) is 15.2 Å². The Balaban J connectivity index is 2.30. The molecule has 0 fully saturated rings. The van der Waals surface area contributed by atoms with Gasteiger partial charge < -0.3 is 20.3 Å². The van der Waals surface area contributed by atoms with E-state index in [0.29, 0.717) is 17.9 Å². The smallest absolute Gasteiger partial charge is 0.160 e. The van der Waals surface area contributed by atoms with Crippen LogP contribution in [0.5, 0.6) is 11.5 Å². The predicted molar refractivity (Wildman–Crippen MR) is 82.6 cm³/mol. The van der Waals surface area contributed by atoms with E-state index in [1.807, 2.05) is 48.5 Å². The zero-order valence-electron chi connectivity index (χ0n) is 12.4. The van der Waals surface area contributed by atoms with Crippen molar-refractivity contribution in [2.45, 2.75) is 12.0 Å². The van der Waals surface area contributed by atoms with Gasteiger partial charge in [0.2, 0.25) is 0 Å². The van der Waals surface area contributed by atoms with E-state index in [-0.39, 0.29) is 6.54 Å². The highest BCUT2D eigenvalue weighted by Gasteiger charge is 2.28. The number of ether oxygens (including phenoxy) is 2. The standard InChI is InChI=1S/C17H21NO3/c1-20-15-9-8-13(10-16(15)21-2)11-17(19,12-18)14-6-4-3-5-7-14/h3-10,19H,11-12,18H2,1-2H3. The third kappa shape index (κ3) is 3.35. The Hall–Kier alpha value is -2.04. The van der Waals surface area contributed by atoms with Crippen LogP contribution < -0.4 is 15.2 Å². The van der Waals surface area contributed by atoms with Crippen molar-refractivity contribution in [2.75, 3.05) is 20.8 Å². The van der Waals surface area contributed by atoms with Crippen LogP contribution in [0, 0.1) is 0 Å². The highest BCUT2D eigenvalue weighted by Crippen LogP contribution is 2.31. The maximum Gasteiger partial charge on any atom is 0.160 e. The second kappa shape index (κ2) is 6.61. The average Bonchev–Trinajstić information content (AvgIpc) is 2.55. The van der Waals surface area contributed by atoms with Crippen LogP contribution in [-0.2, 0) is 12.0 Å². The monoisotopic (exact) mass is 287 g/mol. The van der Waals surface area contributed by atoms with Gasteiger partial charge in [-0.1, -0.05) is 36.4 Å². The summed E-state index contributed by atoms with van der Waals surface area (Å²) in [6, 6.07) is 15.1. The Morgan fingerprint density at radius 2 is 1.67 bits per heavy atom. The number of benzene rings is 2. The first-order valence-corrected chi connectivity index (χ1v) is 6.82. The van der Waals surface area contributed by atoms with Crippen molar-refractivity contribution in [3.8, 4) is 11.5 Å². The zero-order valence-corrected chi connectivity index (χ0v) is 12.4. The second-order valence-electron chi connectivity index (χ2n) is 4.97. The highest BCUT2D eigenvalue weighted by atomic mass is 16.5. The maximum absolute atomic E-state index is 10.8. The fourth-order valence-electron chi connectivity index (χ4n) is 2.37. The summed E-state index contributed by atoms with van der Waals surface area (Å²) in [6.45, 7) is 0.144. The molecule has 0 amide bonds. The molecule has 4 heteroatoms. The largest absolute Gasteiger partial charge is 0.493 e. The van der Waals surface area contributed by atoms with Gasteiger partial charge in [-0.3, -0.25) is 0 Å². The molecule has 0 radical (unpaired) electrons. The van der Waals surface area contributed by atoms with Crippen LogP contribution in [0.3, 0.4) is 0 Å². The molecule has 2 rings (SSSR count). The van der Waals surface area contributed by atoms with E-state index in [1.165, 1.54) is 0 Å². The summed E-state index contributed by atoms with van der Waals surface area (Å²) in [5.74, 6) is 1.31. The van der Waals surface area contributed by atoms with Crippen LogP contribution in [0.4, 0.5) is 0 Å². The van der Waals surface area contributed by atoms with E-state index in [1.54, 1.807) is 14.2 Å². The number of hydrogen-bond donors (Lipinski definition) is 2. The first kappa shape index (κ1) is 15.4. The molecule has 112 valence electrons. The van der Waals surface area contributed by atoms with Gasteiger partial charge >= 0.3 is 0 Å². The normalized spacial score (nSPS) is 13.5. The minimum absolute atomic E-state index is 0.144. The number of hydrogen-bond acceptors (Lipinski definition) is 4. The topological polar surface area (TPSA) is 64.7 Å². The molecule has 0 bridgehead atoms. The van der Waals surface area contributed by atoms with Crippen molar-refractivity contribution in [2.24, 2.45) is 5.73 Å². The van der Waals surface area contributed by atoms with Gasteiger partial charge in [-0.25, -0.2) is 0 Å². The number of rotatable bonds is 6. The van der Waals surface area contributed by atoms with E-state index in [2.05, 4.69) is 0 Å². The molecule has 0 aliphatic carbocycles. The van der Waals surface area contributed by atoms with Gasteiger partial charge in [-0.05, 0) is 23.3 Å². The van der Waals surface area contributed by atoms with Crippen LogP contribution in [0.1, 0.15) is 11.1 Å². The lowest BCUT2D eigenvalue weighted by atomic mass is 9.87. The summed E-state index contributed by atoms with van der Waals surface area (Å²) in [6.07, 6.45) is 0.411. The molecule has 21 heavy (non-hydrogen) atoms. The van der Waals surface area contributed by atoms with Crippen molar-refractivity contribution in [3.05, 3.63) is 59.7 Å². The molecule has 2 aromatic rings. The minimum Gasteiger partial charge on any atom is -0.493 e. The lowest BCUT2D eigenvalue weighted by Gasteiger charge is -2.27. The number of nitrogens with two attached hydrogens (primary N) is 1. The van der Waals surface area contributed by atoms with Crippen LogP contribution in [0.25, 0.3) is 0 Å². The second-order valence-corrected chi connectivity index (χ2v) is 4.97. The molecule has 3 N–H and O–H groups in total. The molecule has 1 atom stereocenters. The first-order chi connectivity index (χ1) is 10.1. The van der Waals surface area contributed by atoms with E-state index in [9.17, 15) is 5.11 Å². The average molecular weight is 287 g/mol. The van der Waals surface area contributed by atoms with Gasteiger partial charge in [0.25, 0.3) is 0 Å². The van der Waals surface area contributed by atoms with E-state index < -0.39 is 5.60 Å². The third-order valence-corrected chi connectivity index (χ3v) is 3.59. The van der Waals surface area contributed by atoms with Crippen molar-refractivity contribution in [1.29, 1.82) is 0 Å². The number of methoxy groups -OCH3 is 2. The zero-order chi connectivity index (χ0) is 15.3. The Morgan fingerprint density at radius 3 is 2.24 bits per heavy atom.